The molecule has 0 amide bonds. The maximum Gasteiger partial charge on any atom is 0.186 e. The zero-order valence-electron chi connectivity index (χ0n) is 10.8. The molecule has 0 spiro atoms. The summed E-state index contributed by atoms with van der Waals surface area (Å²) in [6.45, 7) is 3.75. The van der Waals surface area contributed by atoms with Crippen LogP contribution in [0.1, 0.15) is 12.6 Å². The van der Waals surface area contributed by atoms with Gasteiger partial charge in [0.05, 0.1) is 10.2 Å². The Hall–Kier alpha value is -1.63. The lowest BCUT2D eigenvalue weighted by Crippen LogP contribution is -2.07. The van der Waals surface area contributed by atoms with Crippen LogP contribution in [0.2, 0.25) is 0 Å². The fraction of sp³-hybridized carbons (Fsp3) is 0.231. The van der Waals surface area contributed by atoms with E-state index < -0.39 is 17.5 Å². The molecule has 7 heteroatoms. The van der Waals surface area contributed by atoms with Gasteiger partial charge in [0.25, 0.3) is 0 Å². The molecule has 20 heavy (non-hydrogen) atoms. The predicted octanol–water partition coefficient (Wildman–Crippen LogP) is 4.06. The summed E-state index contributed by atoms with van der Waals surface area (Å²) < 4.78 is 40.3. The molecule has 1 N–H and O–H groups in total. The highest BCUT2D eigenvalue weighted by atomic mass is 79.9. The lowest BCUT2D eigenvalue weighted by molar-refractivity contribution is 0.504. The van der Waals surface area contributed by atoms with Gasteiger partial charge in [-0.05, 0) is 41.9 Å². The van der Waals surface area contributed by atoms with Gasteiger partial charge in [-0.15, -0.1) is 0 Å². The van der Waals surface area contributed by atoms with Crippen molar-refractivity contribution in [1.29, 1.82) is 0 Å². The molecular formula is C13H11BrF3N3. The van der Waals surface area contributed by atoms with Crippen LogP contribution in [-0.2, 0) is 0 Å². The van der Waals surface area contributed by atoms with Gasteiger partial charge >= 0.3 is 0 Å². The van der Waals surface area contributed by atoms with E-state index in [4.69, 9.17) is 0 Å². The number of anilines is 1. The van der Waals surface area contributed by atoms with Crippen LogP contribution in [0.15, 0.2) is 16.6 Å². The number of halogens is 4. The Bertz CT molecular complexity index is 662. The van der Waals surface area contributed by atoms with Crippen LogP contribution in [0.5, 0.6) is 0 Å². The number of aromatic nitrogens is 2. The first-order valence-electron chi connectivity index (χ1n) is 5.87. The minimum Gasteiger partial charge on any atom is -0.368 e. The third kappa shape index (κ3) is 2.63. The Morgan fingerprint density at radius 2 is 1.85 bits per heavy atom. The average Bonchev–Trinajstić information content (AvgIpc) is 2.41. The van der Waals surface area contributed by atoms with Crippen molar-refractivity contribution in [3.8, 4) is 11.4 Å². The second kappa shape index (κ2) is 5.78. The van der Waals surface area contributed by atoms with Crippen LogP contribution in [0, 0.1) is 24.4 Å². The van der Waals surface area contributed by atoms with Gasteiger partial charge in [0, 0.05) is 12.1 Å². The third-order valence-electron chi connectivity index (χ3n) is 2.64. The van der Waals surface area contributed by atoms with Crippen LogP contribution in [-0.4, -0.2) is 16.5 Å². The molecule has 0 saturated carbocycles. The molecule has 1 heterocycles. The van der Waals surface area contributed by atoms with Crippen molar-refractivity contribution in [3.63, 3.8) is 0 Å². The van der Waals surface area contributed by atoms with Crippen LogP contribution in [0.25, 0.3) is 11.4 Å². The van der Waals surface area contributed by atoms with Crippen LogP contribution < -0.4 is 5.32 Å². The normalized spacial score (nSPS) is 10.7. The van der Waals surface area contributed by atoms with Gasteiger partial charge in [-0.25, -0.2) is 23.1 Å². The van der Waals surface area contributed by atoms with Crippen molar-refractivity contribution in [3.05, 3.63) is 39.8 Å². The van der Waals surface area contributed by atoms with Crippen molar-refractivity contribution >= 4 is 21.7 Å². The molecule has 0 atom stereocenters. The molecule has 1 aromatic heterocycles. The highest BCUT2D eigenvalue weighted by molar-refractivity contribution is 9.10. The molecule has 0 aliphatic rings. The van der Waals surface area contributed by atoms with E-state index in [0.29, 0.717) is 6.54 Å². The fourth-order valence-electron chi connectivity index (χ4n) is 1.66. The van der Waals surface area contributed by atoms with Gasteiger partial charge in [-0.2, -0.15) is 0 Å². The summed E-state index contributed by atoms with van der Waals surface area (Å²) in [4.78, 5) is 7.98. The van der Waals surface area contributed by atoms with E-state index in [-0.39, 0.29) is 27.4 Å². The first kappa shape index (κ1) is 14.8. The SMILES string of the molecule is CCNc1nc(-c2ccc(F)c(F)c2Br)nc(C)c1F. The molecular weight excluding hydrogens is 335 g/mol. The summed E-state index contributed by atoms with van der Waals surface area (Å²) in [6.07, 6.45) is 0. The summed E-state index contributed by atoms with van der Waals surface area (Å²) in [5.74, 6) is -2.42. The summed E-state index contributed by atoms with van der Waals surface area (Å²) in [6, 6.07) is 2.31. The molecule has 0 unspecified atom stereocenters. The van der Waals surface area contributed by atoms with Crippen molar-refractivity contribution in [2.45, 2.75) is 13.8 Å². The maximum absolute atomic E-state index is 13.8. The monoisotopic (exact) mass is 345 g/mol. The number of hydrogen-bond acceptors (Lipinski definition) is 3. The van der Waals surface area contributed by atoms with E-state index in [1.54, 1.807) is 6.92 Å². The minimum absolute atomic E-state index is 0.0339. The first-order chi connectivity index (χ1) is 9.45. The molecule has 0 fully saturated rings. The van der Waals surface area contributed by atoms with Crippen LogP contribution >= 0.6 is 15.9 Å². The summed E-state index contributed by atoms with van der Waals surface area (Å²) in [7, 11) is 0. The van der Waals surface area contributed by atoms with E-state index in [1.165, 1.54) is 13.0 Å². The second-order valence-corrected chi connectivity index (χ2v) is 4.84. The van der Waals surface area contributed by atoms with Gasteiger partial charge < -0.3 is 5.32 Å². The van der Waals surface area contributed by atoms with Crippen LogP contribution in [0.4, 0.5) is 19.0 Å². The smallest absolute Gasteiger partial charge is 0.186 e. The molecule has 0 aliphatic carbocycles. The second-order valence-electron chi connectivity index (χ2n) is 4.05. The van der Waals surface area contributed by atoms with E-state index in [2.05, 4.69) is 31.2 Å². The molecule has 0 saturated heterocycles. The van der Waals surface area contributed by atoms with E-state index in [9.17, 15) is 13.2 Å². The third-order valence-corrected chi connectivity index (χ3v) is 3.41. The topological polar surface area (TPSA) is 37.8 Å². The van der Waals surface area contributed by atoms with Crippen molar-refractivity contribution < 1.29 is 13.2 Å². The Labute approximate surface area is 122 Å². The number of benzene rings is 1. The van der Waals surface area contributed by atoms with Gasteiger partial charge in [0.1, 0.15) is 0 Å². The highest BCUT2D eigenvalue weighted by Gasteiger charge is 2.17. The Morgan fingerprint density at radius 1 is 1.15 bits per heavy atom. The Balaban J connectivity index is 2.61. The standard InChI is InChI=1S/C13H11BrF3N3/c1-3-18-13-10(16)6(2)19-12(20-13)7-4-5-8(15)11(17)9(7)14/h4-5H,3H2,1-2H3,(H,18,19,20). The quantitative estimate of drug-likeness (QED) is 0.852. The van der Waals surface area contributed by atoms with Gasteiger partial charge in [-0.1, -0.05) is 0 Å². The van der Waals surface area contributed by atoms with E-state index in [0.717, 1.165) is 6.07 Å². The highest BCUT2D eigenvalue weighted by Crippen LogP contribution is 2.31. The summed E-state index contributed by atoms with van der Waals surface area (Å²) >= 11 is 2.97. The van der Waals surface area contributed by atoms with Gasteiger partial charge in [0.2, 0.25) is 0 Å². The van der Waals surface area contributed by atoms with Gasteiger partial charge in [-0.3, -0.25) is 0 Å². The van der Waals surface area contributed by atoms with Crippen LogP contribution in [0.3, 0.4) is 0 Å². The van der Waals surface area contributed by atoms with Crippen molar-refractivity contribution in [2.24, 2.45) is 0 Å². The first-order valence-corrected chi connectivity index (χ1v) is 6.66. The largest absolute Gasteiger partial charge is 0.368 e. The van der Waals surface area contributed by atoms with Crippen molar-refractivity contribution in [1.82, 2.24) is 9.97 Å². The molecule has 0 radical (unpaired) electrons. The molecule has 2 aromatic rings. The molecule has 106 valence electrons. The lowest BCUT2D eigenvalue weighted by atomic mass is 10.2. The van der Waals surface area contributed by atoms with E-state index >= 15 is 0 Å². The summed E-state index contributed by atoms with van der Waals surface area (Å²) in [5.41, 5.74) is 0.383. The minimum atomic E-state index is -1.03. The number of nitrogens with one attached hydrogen (secondary N) is 1. The van der Waals surface area contributed by atoms with Gasteiger partial charge in [0.15, 0.2) is 29.1 Å². The Kier molecular flexibility index (Phi) is 4.27. The van der Waals surface area contributed by atoms with E-state index in [1.807, 2.05) is 0 Å². The summed E-state index contributed by atoms with van der Waals surface area (Å²) in [5, 5.41) is 2.76. The van der Waals surface area contributed by atoms with Crippen molar-refractivity contribution in [2.75, 3.05) is 11.9 Å². The predicted molar refractivity (Wildman–Crippen MR) is 73.9 cm³/mol. The molecule has 2 rings (SSSR count). The Morgan fingerprint density at radius 3 is 2.50 bits per heavy atom. The average molecular weight is 346 g/mol. The molecule has 0 bridgehead atoms. The number of aryl methyl sites for hydroxylation is 1. The number of hydrogen-bond donors (Lipinski definition) is 1. The molecule has 1 aromatic carbocycles. The lowest BCUT2D eigenvalue weighted by Gasteiger charge is -2.10. The zero-order valence-corrected chi connectivity index (χ0v) is 12.4. The number of rotatable bonds is 3. The maximum atomic E-state index is 13.8. The molecule has 3 nitrogen and oxygen atoms in total. The molecule has 0 aliphatic heterocycles. The zero-order chi connectivity index (χ0) is 14.9. The fourth-order valence-corrected chi connectivity index (χ4v) is 2.16. The number of nitrogens with zero attached hydrogens (tertiary/aromatic N) is 2.